The summed E-state index contributed by atoms with van der Waals surface area (Å²) in [4.78, 5) is 13.1. The quantitative estimate of drug-likeness (QED) is 0.369. The van der Waals surface area contributed by atoms with Crippen LogP contribution in [0.3, 0.4) is 0 Å². The fourth-order valence-electron chi connectivity index (χ4n) is 3.49. The number of aryl methyl sites for hydroxylation is 3. The monoisotopic (exact) mass is 548 g/mol. The number of sulfonamides is 1. The Morgan fingerprint density at radius 2 is 1.67 bits per heavy atom. The number of halogens is 2. The molecule has 0 saturated heterocycles. The number of carbonyl (C=O) groups excluding carboxylic acids is 1. The van der Waals surface area contributed by atoms with Crippen molar-refractivity contribution in [3.05, 3.63) is 92.4 Å². The fourth-order valence-corrected chi connectivity index (χ4v) is 5.62. The Kier molecular flexibility index (Phi) is 8.34. The second-order valence-corrected chi connectivity index (χ2v) is 11.2. The van der Waals surface area contributed by atoms with Gasteiger partial charge in [-0.2, -0.15) is 4.31 Å². The third-order valence-corrected chi connectivity index (χ3v) is 7.79. The minimum absolute atomic E-state index is 0.0681. The molecule has 33 heavy (non-hydrogen) atoms. The van der Waals surface area contributed by atoms with Gasteiger partial charge in [-0.1, -0.05) is 64.3 Å². The first kappa shape index (κ1) is 25.4. The molecular weight excluding hydrogens is 524 g/mol. The molecular formula is C25H26BrClN2O3S. The molecule has 3 aromatic carbocycles. The van der Waals surface area contributed by atoms with Crippen LogP contribution in [0.2, 0.25) is 5.02 Å². The van der Waals surface area contributed by atoms with Gasteiger partial charge in [0.05, 0.1) is 11.4 Å². The van der Waals surface area contributed by atoms with Crippen LogP contribution in [0, 0.1) is 13.8 Å². The van der Waals surface area contributed by atoms with Crippen LogP contribution in [0.1, 0.15) is 29.2 Å². The molecule has 0 atom stereocenters. The van der Waals surface area contributed by atoms with Gasteiger partial charge >= 0.3 is 0 Å². The van der Waals surface area contributed by atoms with Crippen molar-refractivity contribution in [3.8, 4) is 0 Å². The van der Waals surface area contributed by atoms with Gasteiger partial charge in [-0.05, 0) is 73.4 Å². The summed E-state index contributed by atoms with van der Waals surface area (Å²) in [6, 6.07) is 17.4. The summed E-state index contributed by atoms with van der Waals surface area (Å²) < 4.78 is 29.0. The topological polar surface area (TPSA) is 66.5 Å². The molecule has 0 heterocycles. The van der Waals surface area contributed by atoms with Crippen molar-refractivity contribution in [2.24, 2.45) is 0 Å². The largest absolute Gasteiger partial charge is 0.324 e. The van der Waals surface area contributed by atoms with E-state index in [1.54, 1.807) is 0 Å². The Balaban J connectivity index is 1.92. The van der Waals surface area contributed by atoms with Gasteiger partial charge in [0, 0.05) is 21.7 Å². The molecule has 0 aliphatic rings. The van der Waals surface area contributed by atoms with Gasteiger partial charge in [-0.25, -0.2) is 8.42 Å². The highest BCUT2D eigenvalue weighted by atomic mass is 79.9. The molecule has 8 heteroatoms. The second kappa shape index (κ2) is 10.8. The maximum Gasteiger partial charge on any atom is 0.243 e. The molecule has 174 valence electrons. The zero-order chi connectivity index (χ0) is 24.2. The van der Waals surface area contributed by atoms with E-state index < -0.39 is 15.9 Å². The highest BCUT2D eigenvalue weighted by molar-refractivity contribution is 9.10. The summed E-state index contributed by atoms with van der Waals surface area (Å²) in [5.41, 5.74) is 4.45. The van der Waals surface area contributed by atoms with Crippen molar-refractivity contribution < 1.29 is 13.2 Å². The van der Waals surface area contributed by atoms with Crippen molar-refractivity contribution >= 4 is 49.1 Å². The lowest BCUT2D eigenvalue weighted by molar-refractivity contribution is -0.116. The normalized spacial score (nSPS) is 11.6. The Bertz CT molecular complexity index is 1240. The van der Waals surface area contributed by atoms with E-state index in [9.17, 15) is 13.2 Å². The number of rotatable bonds is 8. The van der Waals surface area contributed by atoms with Crippen molar-refractivity contribution in [1.82, 2.24) is 4.31 Å². The lowest BCUT2D eigenvalue weighted by Crippen LogP contribution is -2.37. The van der Waals surface area contributed by atoms with Crippen LogP contribution in [0.25, 0.3) is 0 Å². The van der Waals surface area contributed by atoms with E-state index in [2.05, 4.69) is 21.2 Å². The maximum atomic E-state index is 13.4. The maximum absolute atomic E-state index is 13.4. The van der Waals surface area contributed by atoms with Gasteiger partial charge in [0.1, 0.15) is 0 Å². The molecule has 0 aliphatic heterocycles. The number of nitrogens with one attached hydrogen (secondary N) is 1. The predicted octanol–water partition coefficient (Wildman–Crippen LogP) is 6.11. The van der Waals surface area contributed by atoms with Gasteiger partial charge < -0.3 is 5.32 Å². The molecule has 3 aromatic rings. The summed E-state index contributed by atoms with van der Waals surface area (Å²) in [7, 11) is -3.94. The summed E-state index contributed by atoms with van der Waals surface area (Å²) in [6.45, 7) is 5.63. The zero-order valence-corrected chi connectivity index (χ0v) is 21.9. The van der Waals surface area contributed by atoms with E-state index in [4.69, 9.17) is 11.6 Å². The van der Waals surface area contributed by atoms with E-state index in [-0.39, 0.29) is 18.0 Å². The van der Waals surface area contributed by atoms with Crippen LogP contribution < -0.4 is 5.32 Å². The Morgan fingerprint density at radius 3 is 2.27 bits per heavy atom. The average molecular weight is 550 g/mol. The van der Waals surface area contributed by atoms with Crippen LogP contribution in [-0.2, 0) is 27.8 Å². The number of amides is 1. The lowest BCUT2D eigenvalue weighted by atomic mass is 10.1. The number of nitrogens with zero attached hydrogens (tertiary/aromatic N) is 1. The van der Waals surface area contributed by atoms with E-state index >= 15 is 0 Å². The highest BCUT2D eigenvalue weighted by Crippen LogP contribution is 2.27. The average Bonchev–Trinajstić information content (AvgIpc) is 2.76. The standard InChI is InChI=1S/C25H26BrClN2O3S/c1-4-20-14-21(26)13-18(3)25(20)28-24(30)16-29(15-19-7-5-17(2)6-8-19)33(31,32)23-11-9-22(27)10-12-23/h5-14H,4,15-16H2,1-3H3,(H,28,30). The number of hydrogen-bond acceptors (Lipinski definition) is 3. The molecule has 1 N–H and O–H groups in total. The predicted molar refractivity (Wildman–Crippen MR) is 137 cm³/mol. The SMILES string of the molecule is CCc1cc(Br)cc(C)c1NC(=O)CN(Cc1ccc(C)cc1)S(=O)(=O)c1ccc(Cl)cc1. The zero-order valence-electron chi connectivity index (χ0n) is 18.7. The first-order valence-electron chi connectivity index (χ1n) is 10.5. The molecule has 0 aliphatic carbocycles. The van der Waals surface area contributed by atoms with E-state index in [0.717, 1.165) is 33.1 Å². The molecule has 0 radical (unpaired) electrons. The van der Waals surface area contributed by atoms with Crippen molar-refractivity contribution in [2.75, 3.05) is 11.9 Å². The summed E-state index contributed by atoms with van der Waals surface area (Å²) >= 11 is 9.42. The van der Waals surface area contributed by atoms with Crippen LogP contribution in [0.15, 0.2) is 70.0 Å². The minimum atomic E-state index is -3.94. The number of carbonyl (C=O) groups is 1. The molecule has 0 bridgehead atoms. The Hall–Kier alpha value is -2.19. The summed E-state index contributed by atoms with van der Waals surface area (Å²) in [6.07, 6.45) is 0.728. The van der Waals surface area contributed by atoms with E-state index in [0.29, 0.717) is 10.7 Å². The van der Waals surface area contributed by atoms with E-state index in [1.807, 2.05) is 57.2 Å². The Labute approximate surface area is 209 Å². The number of hydrogen-bond donors (Lipinski definition) is 1. The van der Waals surface area contributed by atoms with Crippen LogP contribution in [0.4, 0.5) is 5.69 Å². The van der Waals surface area contributed by atoms with Gasteiger partial charge in [-0.15, -0.1) is 0 Å². The van der Waals surface area contributed by atoms with Crippen LogP contribution in [-0.4, -0.2) is 25.2 Å². The molecule has 1 amide bonds. The Morgan fingerprint density at radius 1 is 1.03 bits per heavy atom. The van der Waals surface area contributed by atoms with Gasteiger partial charge in [0.15, 0.2) is 0 Å². The lowest BCUT2D eigenvalue weighted by Gasteiger charge is -2.23. The van der Waals surface area contributed by atoms with Crippen molar-refractivity contribution in [2.45, 2.75) is 38.6 Å². The number of benzene rings is 3. The summed E-state index contributed by atoms with van der Waals surface area (Å²) in [5.74, 6) is -0.403. The fraction of sp³-hybridized carbons (Fsp3) is 0.240. The third kappa shape index (κ3) is 6.44. The first-order valence-corrected chi connectivity index (χ1v) is 13.1. The summed E-state index contributed by atoms with van der Waals surface area (Å²) in [5, 5.41) is 3.37. The van der Waals surface area contributed by atoms with Gasteiger partial charge in [0.25, 0.3) is 0 Å². The molecule has 0 spiro atoms. The van der Waals surface area contributed by atoms with Gasteiger partial charge in [-0.3, -0.25) is 4.79 Å². The van der Waals surface area contributed by atoms with E-state index in [1.165, 1.54) is 28.6 Å². The highest BCUT2D eigenvalue weighted by Gasteiger charge is 2.27. The van der Waals surface area contributed by atoms with Crippen molar-refractivity contribution in [3.63, 3.8) is 0 Å². The first-order chi connectivity index (χ1) is 15.6. The van der Waals surface area contributed by atoms with Crippen LogP contribution in [0.5, 0.6) is 0 Å². The molecule has 0 fully saturated rings. The molecule has 0 unspecified atom stereocenters. The van der Waals surface area contributed by atoms with Crippen molar-refractivity contribution in [1.29, 1.82) is 0 Å². The van der Waals surface area contributed by atoms with Crippen LogP contribution >= 0.6 is 27.5 Å². The smallest absolute Gasteiger partial charge is 0.243 e. The molecule has 3 rings (SSSR count). The second-order valence-electron chi connectivity index (χ2n) is 7.87. The molecule has 0 aromatic heterocycles. The third-order valence-electron chi connectivity index (χ3n) is 5.28. The van der Waals surface area contributed by atoms with Gasteiger partial charge in [0.2, 0.25) is 15.9 Å². The molecule has 0 saturated carbocycles. The minimum Gasteiger partial charge on any atom is -0.324 e. The molecule has 5 nitrogen and oxygen atoms in total. The number of anilines is 1.